The lowest BCUT2D eigenvalue weighted by molar-refractivity contribution is 0.331. The number of hydrogen-bond donors (Lipinski definition) is 0. The van der Waals surface area contributed by atoms with E-state index in [-0.39, 0.29) is 10.6 Å². The highest BCUT2D eigenvalue weighted by Gasteiger charge is 2.15. The minimum Gasteiger partial charge on any atom is -0.477 e. The molecule has 0 saturated heterocycles. The van der Waals surface area contributed by atoms with Gasteiger partial charge in [-0.1, -0.05) is 0 Å². The predicted molar refractivity (Wildman–Crippen MR) is 83.1 cm³/mol. The molecule has 3 rings (SSSR count). The standard InChI is InChI=1S/C15H14FN3O3S/c1-3-22-15-11-6-7-19(14(11)17-9-18-15)13-5-4-10(8-12(13)16)23(2,20)21/h4-9H,3H2,1-2H3. The molecule has 0 bridgehead atoms. The van der Waals surface area contributed by atoms with Gasteiger partial charge in [-0.15, -0.1) is 0 Å². The summed E-state index contributed by atoms with van der Waals surface area (Å²) < 4.78 is 44.3. The first-order valence-corrected chi connectivity index (χ1v) is 8.76. The summed E-state index contributed by atoms with van der Waals surface area (Å²) >= 11 is 0. The van der Waals surface area contributed by atoms with Gasteiger partial charge in [0.05, 0.1) is 22.6 Å². The summed E-state index contributed by atoms with van der Waals surface area (Å²) in [4.78, 5) is 8.14. The van der Waals surface area contributed by atoms with Gasteiger partial charge in [-0.05, 0) is 31.2 Å². The van der Waals surface area contributed by atoms with Crippen molar-refractivity contribution in [2.75, 3.05) is 12.9 Å². The molecule has 0 aliphatic heterocycles. The van der Waals surface area contributed by atoms with Crippen LogP contribution >= 0.6 is 0 Å². The summed E-state index contributed by atoms with van der Waals surface area (Å²) in [7, 11) is -3.46. The molecular formula is C15H14FN3O3S. The first-order chi connectivity index (χ1) is 10.9. The van der Waals surface area contributed by atoms with Crippen LogP contribution in [0.25, 0.3) is 16.7 Å². The molecule has 0 N–H and O–H groups in total. The van der Waals surface area contributed by atoms with Gasteiger partial charge in [0, 0.05) is 12.5 Å². The van der Waals surface area contributed by atoms with E-state index in [9.17, 15) is 12.8 Å². The molecule has 8 heteroatoms. The lowest BCUT2D eigenvalue weighted by Crippen LogP contribution is -2.02. The lowest BCUT2D eigenvalue weighted by atomic mass is 10.3. The zero-order valence-corrected chi connectivity index (χ0v) is 13.3. The molecule has 0 atom stereocenters. The Hall–Kier alpha value is -2.48. The Kier molecular flexibility index (Phi) is 3.77. The molecule has 0 spiro atoms. The molecule has 3 aromatic rings. The maximum atomic E-state index is 14.4. The Bertz CT molecular complexity index is 983. The molecule has 0 aliphatic carbocycles. The van der Waals surface area contributed by atoms with Crippen molar-refractivity contribution in [1.29, 1.82) is 0 Å². The van der Waals surface area contributed by atoms with Crippen LogP contribution in [0.15, 0.2) is 41.7 Å². The number of benzene rings is 1. The van der Waals surface area contributed by atoms with E-state index in [1.807, 2.05) is 6.92 Å². The minimum absolute atomic E-state index is 0.0696. The first kappa shape index (κ1) is 15.4. The predicted octanol–water partition coefficient (Wildman–Crippen LogP) is 2.36. The third-order valence-electron chi connectivity index (χ3n) is 3.33. The number of halogens is 1. The smallest absolute Gasteiger partial charge is 0.226 e. The number of sulfone groups is 1. The molecule has 0 aliphatic rings. The van der Waals surface area contributed by atoms with Gasteiger partial charge in [0.25, 0.3) is 0 Å². The summed E-state index contributed by atoms with van der Waals surface area (Å²) in [6, 6.07) is 5.50. The highest BCUT2D eigenvalue weighted by atomic mass is 32.2. The van der Waals surface area contributed by atoms with Crippen LogP contribution in [0.3, 0.4) is 0 Å². The van der Waals surface area contributed by atoms with E-state index in [2.05, 4.69) is 9.97 Å². The van der Waals surface area contributed by atoms with Crippen LogP contribution in [-0.2, 0) is 9.84 Å². The zero-order chi connectivity index (χ0) is 16.6. The Morgan fingerprint density at radius 1 is 1.26 bits per heavy atom. The normalized spacial score (nSPS) is 11.8. The minimum atomic E-state index is -3.46. The first-order valence-electron chi connectivity index (χ1n) is 6.86. The molecule has 0 unspecified atom stereocenters. The van der Waals surface area contributed by atoms with E-state index in [0.29, 0.717) is 23.5 Å². The van der Waals surface area contributed by atoms with Crippen LogP contribution < -0.4 is 4.74 Å². The number of aromatic nitrogens is 3. The summed E-state index contributed by atoms with van der Waals surface area (Å²) in [6.45, 7) is 2.29. The molecule has 0 fully saturated rings. The summed E-state index contributed by atoms with van der Waals surface area (Å²) in [5, 5.41) is 0.654. The third-order valence-corrected chi connectivity index (χ3v) is 4.44. The second-order valence-corrected chi connectivity index (χ2v) is 6.94. The van der Waals surface area contributed by atoms with Gasteiger partial charge in [0.2, 0.25) is 5.88 Å². The number of hydrogen-bond acceptors (Lipinski definition) is 5. The number of ether oxygens (including phenoxy) is 1. The molecule has 23 heavy (non-hydrogen) atoms. The third kappa shape index (κ3) is 2.77. The molecule has 0 radical (unpaired) electrons. The molecule has 6 nitrogen and oxygen atoms in total. The Morgan fingerprint density at radius 3 is 2.70 bits per heavy atom. The second-order valence-electron chi connectivity index (χ2n) is 4.92. The largest absolute Gasteiger partial charge is 0.477 e. The van der Waals surface area contributed by atoms with Gasteiger partial charge >= 0.3 is 0 Å². The average Bonchev–Trinajstić information content (AvgIpc) is 2.91. The fourth-order valence-electron chi connectivity index (χ4n) is 2.29. The van der Waals surface area contributed by atoms with Crippen LogP contribution in [0.5, 0.6) is 5.88 Å². The number of nitrogens with zero attached hydrogens (tertiary/aromatic N) is 3. The van der Waals surface area contributed by atoms with Crippen molar-refractivity contribution >= 4 is 20.9 Å². The van der Waals surface area contributed by atoms with Crippen molar-refractivity contribution in [3.63, 3.8) is 0 Å². The van der Waals surface area contributed by atoms with Crippen LogP contribution in [0.2, 0.25) is 0 Å². The molecule has 2 aromatic heterocycles. The van der Waals surface area contributed by atoms with Crippen LogP contribution in [0.1, 0.15) is 6.92 Å². The molecular weight excluding hydrogens is 321 g/mol. The van der Waals surface area contributed by atoms with Crippen molar-refractivity contribution in [2.24, 2.45) is 0 Å². The van der Waals surface area contributed by atoms with Crippen molar-refractivity contribution in [1.82, 2.24) is 14.5 Å². The van der Waals surface area contributed by atoms with E-state index >= 15 is 0 Å². The van der Waals surface area contributed by atoms with Gasteiger partial charge < -0.3 is 4.74 Å². The Labute approximate surface area is 132 Å². The molecule has 0 saturated carbocycles. The van der Waals surface area contributed by atoms with Gasteiger partial charge in [0.15, 0.2) is 15.5 Å². The van der Waals surface area contributed by atoms with E-state index in [1.54, 1.807) is 12.3 Å². The van der Waals surface area contributed by atoms with Crippen molar-refractivity contribution < 1.29 is 17.5 Å². The molecule has 120 valence electrons. The maximum absolute atomic E-state index is 14.4. The highest BCUT2D eigenvalue weighted by molar-refractivity contribution is 7.90. The molecule has 0 amide bonds. The highest BCUT2D eigenvalue weighted by Crippen LogP contribution is 2.27. The Balaban J connectivity index is 2.16. The topological polar surface area (TPSA) is 74.1 Å². The summed E-state index contributed by atoms with van der Waals surface area (Å²) in [5.41, 5.74) is 0.683. The number of fused-ring (bicyclic) bond motifs is 1. The van der Waals surface area contributed by atoms with Gasteiger partial charge in [-0.2, -0.15) is 0 Å². The van der Waals surface area contributed by atoms with Crippen molar-refractivity contribution in [2.45, 2.75) is 11.8 Å². The van der Waals surface area contributed by atoms with Crippen LogP contribution in [0, 0.1) is 5.82 Å². The fourth-order valence-corrected chi connectivity index (χ4v) is 2.92. The van der Waals surface area contributed by atoms with E-state index in [4.69, 9.17) is 4.74 Å². The van der Waals surface area contributed by atoms with E-state index < -0.39 is 15.7 Å². The quantitative estimate of drug-likeness (QED) is 0.732. The van der Waals surface area contributed by atoms with Crippen LogP contribution in [-0.4, -0.2) is 35.8 Å². The SMILES string of the molecule is CCOc1ncnc2c1ccn2-c1ccc(S(C)(=O)=O)cc1F. The molecule has 2 heterocycles. The summed E-state index contributed by atoms with van der Waals surface area (Å²) in [6.07, 6.45) is 4.01. The lowest BCUT2D eigenvalue weighted by Gasteiger charge is -2.08. The van der Waals surface area contributed by atoms with E-state index in [0.717, 1.165) is 12.3 Å². The fraction of sp³-hybridized carbons (Fsp3) is 0.200. The maximum Gasteiger partial charge on any atom is 0.226 e. The Morgan fingerprint density at radius 2 is 2.04 bits per heavy atom. The monoisotopic (exact) mass is 335 g/mol. The average molecular weight is 335 g/mol. The van der Waals surface area contributed by atoms with E-state index in [1.165, 1.54) is 23.0 Å². The second kappa shape index (κ2) is 5.62. The molecule has 1 aromatic carbocycles. The van der Waals surface area contributed by atoms with Crippen LogP contribution in [0.4, 0.5) is 4.39 Å². The summed E-state index contributed by atoms with van der Waals surface area (Å²) in [5.74, 6) is -0.230. The van der Waals surface area contributed by atoms with Gasteiger partial charge in [-0.3, -0.25) is 4.57 Å². The van der Waals surface area contributed by atoms with Crippen molar-refractivity contribution in [3.8, 4) is 11.6 Å². The van der Waals surface area contributed by atoms with Crippen molar-refractivity contribution in [3.05, 3.63) is 42.6 Å². The van der Waals surface area contributed by atoms with Gasteiger partial charge in [0.1, 0.15) is 12.1 Å². The number of rotatable bonds is 4. The van der Waals surface area contributed by atoms with Gasteiger partial charge in [-0.25, -0.2) is 22.8 Å². The zero-order valence-electron chi connectivity index (χ0n) is 12.5.